The van der Waals surface area contributed by atoms with Crippen molar-refractivity contribution in [2.75, 3.05) is 38.7 Å². The first kappa shape index (κ1) is 12.3. The summed E-state index contributed by atoms with van der Waals surface area (Å²) in [5.74, 6) is 2.03. The standard InChI is InChI=1S/C11H24N2S/c1-10(8-12-11-4-5-11)9-13(2)6-7-14-3/h10-12H,4-9H2,1-3H3. The second-order valence-electron chi connectivity index (χ2n) is 4.54. The van der Waals surface area contributed by atoms with E-state index < -0.39 is 0 Å². The average molecular weight is 216 g/mol. The summed E-state index contributed by atoms with van der Waals surface area (Å²) < 4.78 is 0. The molecule has 0 aromatic carbocycles. The van der Waals surface area contributed by atoms with Gasteiger partial charge in [-0.3, -0.25) is 0 Å². The highest BCUT2D eigenvalue weighted by atomic mass is 32.2. The van der Waals surface area contributed by atoms with E-state index in [0.29, 0.717) is 0 Å². The molecule has 0 heterocycles. The Balaban J connectivity index is 1.96. The smallest absolute Gasteiger partial charge is 0.00693 e. The quantitative estimate of drug-likeness (QED) is 0.664. The molecule has 0 radical (unpaired) electrons. The molecule has 1 N–H and O–H groups in total. The van der Waals surface area contributed by atoms with Gasteiger partial charge in [-0.05, 0) is 38.6 Å². The van der Waals surface area contributed by atoms with Crippen LogP contribution in [0.25, 0.3) is 0 Å². The van der Waals surface area contributed by atoms with Crippen LogP contribution in [0.4, 0.5) is 0 Å². The lowest BCUT2D eigenvalue weighted by Gasteiger charge is -2.21. The highest BCUT2D eigenvalue weighted by molar-refractivity contribution is 7.98. The molecule has 0 aromatic rings. The first-order valence-corrected chi connectivity index (χ1v) is 7.02. The van der Waals surface area contributed by atoms with Crippen molar-refractivity contribution in [1.29, 1.82) is 0 Å². The molecule has 1 saturated carbocycles. The summed E-state index contributed by atoms with van der Waals surface area (Å²) in [5, 5.41) is 3.59. The summed E-state index contributed by atoms with van der Waals surface area (Å²) in [4.78, 5) is 2.44. The zero-order valence-corrected chi connectivity index (χ0v) is 10.6. The van der Waals surface area contributed by atoms with Crippen LogP contribution in [0.2, 0.25) is 0 Å². The summed E-state index contributed by atoms with van der Waals surface area (Å²) in [6.45, 7) is 5.97. The van der Waals surface area contributed by atoms with Crippen molar-refractivity contribution < 1.29 is 0 Å². The van der Waals surface area contributed by atoms with Gasteiger partial charge in [0.25, 0.3) is 0 Å². The Morgan fingerprint density at radius 1 is 1.50 bits per heavy atom. The molecular weight excluding hydrogens is 192 g/mol. The van der Waals surface area contributed by atoms with Crippen LogP contribution in [0, 0.1) is 5.92 Å². The summed E-state index contributed by atoms with van der Waals surface area (Å²) in [6, 6.07) is 0.856. The first-order chi connectivity index (χ1) is 6.72. The van der Waals surface area contributed by atoms with Crippen molar-refractivity contribution in [2.45, 2.75) is 25.8 Å². The van der Waals surface area contributed by atoms with Gasteiger partial charge in [0, 0.05) is 24.9 Å². The van der Waals surface area contributed by atoms with E-state index in [1.807, 2.05) is 11.8 Å². The summed E-state index contributed by atoms with van der Waals surface area (Å²) in [6.07, 6.45) is 4.97. The summed E-state index contributed by atoms with van der Waals surface area (Å²) >= 11 is 1.93. The molecule has 0 amide bonds. The molecule has 0 spiro atoms. The molecule has 84 valence electrons. The van der Waals surface area contributed by atoms with Crippen molar-refractivity contribution in [3.05, 3.63) is 0 Å². The minimum atomic E-state index is 0.780. The third kappa shape index (κ3) is 5.89. The predicted molar refractivity (Wildman–Crippen MR) is 66.1 cm³/mol. The predicted octanol–water partition coefficient (Wildman–Crippen LogP) is 1.67. The van der Waals surface area contributed by atoms with E-state index in [2.05, 4.69) is 30.4 Å². The Kier molecular flexibility index (Phi) is 5.90. The molecule has 0 aliphatic heterocycles. The van der Waals surface area contributed by atoms with E-state index in [1.54, 1.807) is 0 Å². The van der Waals surface area contributed by atoms with Gasteiger partial charge in [0.15, 0.2) is 0 Å². The second kappa shape index (κ2) is 6.70. The highest BCUT2D eigenvalue weighted by Crippen LogP contribution is 2.18. The Morgan fingerprint density at radius 2 is 2.21 bits per heavy atom. The van der Waals surface area contributed by atoms with Crippen molar-refractivity contribution in [3.63, 3.8) is 0 Å². The second-order valence-corrected chi connectivity index (χ2v) is 5.53. The first-order valence-electron chi connectivity index (χ1n) is 5.63. The lowest BCUT2D eigenvalue weighted by atomic mass is 10.1. The maximum absolute atomic E-state index is 3.59. The molecule has 1 atom stereocenters. The van der Waals surface area contributed by atoms with Gasteiger partial charge in [-0.15, -0.1) is 0 Å². The SMILES string of the molecule is CSCCN(C)CC(C)CNC1CC1. The average Bonchev–Trinajstić information content (AvgIpc) is 2.95. The lowest BCUT2D eigenvalue weighted by Crippen LogP contribution is -2.32. The fourth-order valence-corrected chi connectivity index (χ4v) is 2.08. The molecule has 0 saturated heterocycles. The minimum absolute atomic E-state index is 0.780. The van der Waals surface area contributed by atoms with Gasteiger partial charge in [-0.2, -0.15) is 11.8 Å². The molecular formula is C11H24N2S. The molecule has 1 fully saturated rings. The fraction of sp³-hybridized carbons (Fsp3) is 1.00. The number of hydrogen-bond acceptors (Lipinski definition) is 3. The van der Waals surface area contributed by atoms with Crippen LogP contribution < -0.4 is 5.32 Å². The van der Waals surface area contributed by atoms with Gasteiger partial charge >= 0.3 is 0 Å². The molecule has 1 aliphatic carbocycles. The Morgan fingerprint density at radius 3 is 2.79 bits per heavy atom. The molecule has 14 heavy (non-hydrogen) atoms. The monoisotopic (exact) mass is 216 g/mol. The maximum atomic E-state index is 3.59. The molecule has 1 rings (SSSR count). The van der Waals surface area contributed by atoms with Crippen LogP contribution in [0.15, 0.2) is 0 Å². The highest BCUT2D eigenvalue weighted by Gasteiger charge is 2.20. The van der Waals surface area contributed by atoms with Gasteiger partial charge in [0.1, 0.15) is 0 Å². The summed E-state index contributed by atoms with van der Waals surface area (Å²) in [7, 11) is 2.23. The fourth-order valence-electron chi connectivity index (χ4n) is 1.59. The number of nitrogens with one attached hydrogen (secondary N) is 1. The largest absolute Gasteiger partial charge is 0.314 e. The Hall–Kier alpha value is 0.270. The van der Waals surface area contributed by atoms with E-state index in [1.165, 1.54) is 38.2 Å². The Bertz CT molecular complexity index is 148. The van der Waals surface area contributed by atoms with Crippen LogP contribution in [0.5, 0.6) is 0 Å². The van der Waals surface area contributed by atoms with Crippen LogP contribution in [0.1, 0.15) is 19.8 Å². The molecule has 1 aliphatic rings. The number of thioether (sulfide) groups is 1. The van der Waals surface area contributed by atoms with Crippen LogP contribution in [-0.2, 0) is 0 Å². The zero-order valence-electron chi connectivity index (χ0n) is 9.75. The van der Waals surface area contributed by atoms with E-state index in [4.69, 9.17) is 0 Å². The van der Waals surface area contributed by atoms with Crippen LogP contribution in [0.3, 0.4) is 0 Å². The minimum Gasteiger partial charge on any atom is -0.314 e. The van der Waals surface area contributed by atoms with Gasteiger partial charge in [-0.25, -0.2) is 0 Å². The molecule has 0 bridgehead atoms. The van der Waals surface area contributed by atoms with Gasteiger partial charge in [0.05, 0.1) is 0 Å². The summed E-state index contributed by atoms with van der Waals surface area (Å²) in [5.41, 5.74) is 0. The van der Waals surface area contributed by atoms with Crippen LogP contribution >= 0.6 is 11.8 Å². The molecule has 2 nitrogen and oxygen atoms in total. The molecule has 3 heteroatoms. The van der Waals surface area contributed by atoms with Crippen molar-refractivity contribution in [1.82, 2.24) is 10.2 Å². The number of rotatable bonds is 8. The Labute approximate surface area is 92.8 Å². The third-order valence-corrected chi connectivity index (χ3v) is 3.22. The van der Waals surface area contributed by atoms with E-state index in [9.17, 15) is 0 Å². The van der Waals surface area contributed by atoms with Crippen molar-refractivity contribution in [2.24, 2.45) is 5.92 Å². The lowest BCUT2D eigenvalue weighted by molar-refractivity contribution is 0.295. The normalized spacial score (nSPS) is 18.9. The van der Waals surface area contributed by atoms with Gasteiger partial charge in [-0.1, -0.05) is 6.92 Å². The van der Waals surface area contributed by atoms with Crippen molar-refractivity contribution in [3.8, 4) is 0 Å². The van der Waals surface area contributed by atoms with E-state index >= 15 is 0 Å². The van der Waals surface area contributed by atoms with Crippen molar-refractivity contribution >= 4 is 11.8 Å². The number of hydrogen-bond donors (Lipinski definition) is 1. The van der Waals surface area contributed by atoms with Crippen LogP contribution in [-0.4, -0.2) is 49.6 Å². The molecule has 0 aromatic heterocycles. The molecule has 1 unspecified atom stereocenters. The zero-order chi connectivity index (χ0) is 10.4. The van der Waals surface area contributed by atoms with Gasteiger partial charge < -0.3 is 10.2 Å². The maximum Gasteiger partial charge on any atom is 0.00693 e. The van der Waals surface area contributed by atoms with E-state index in [0.717, 1.165) is 12.0 Å². The topological polar surface area (TPSA) is 15.3 Å². The van der Waals surface area contributed by atoms with Gasteiger partial charge in [0.2, 0.25) is 0 Å². The van der Waals surface area contributed by atoms with E-state index in [-0.39, 0.29) is 0 Å². The third-order valence-electron chi connectivity index (χ3n) is 2.63. The number of nitrogens with zero attached hydrogens (tertiary/aromatic N) is 1.